The largest absolute Gasteiger partial charge is 0.418 e. The number of amides is 2. The number of nitrogens with zero attached hydrogens (tertiary/aromatic N) is 1. The number of rotatable bonds is 5. The van der Waals surface area contributed by atoms with Gasteiger partial charge >= 0.3 is 6.18 Å². The number of halogens is 3. The van der Waals surface area contributed by atoms with Crippen molar-refractivity contribution in [1.82, 2.24) is 5.32 Å². The Morgan fingerprint density at radius 3 is 2.60 bits per heavy atom. The van der Waals surface area contributed by atoms with Crippen molar-refractivity contribution in [3.05, 3.63) is 59.7 Å². The lowest BCUT2D eigenvalue weighted by Crippen LogP contribution is -2.28. The molecule has 0 aromatic heterocycles. The molecule has 10 heteroatoms. The molecular formula is C20H16F3N3O3S. The molecule has 6 nitrogen and oxygen atoms in total. The van der Waals surface area contributed by atoms with Crippen LogP contribution in [-0.2, 0) is 15.8 Å². The molecule has 1 aliphatic rings. The van der Waals surface area contributed by atoms with Gasteiger partial charge in [0.15, 0.2) is 11.0 Å². The molecule has 1 saturated heterocycles. The SMILES string of the molecule is CC(=O)c1cccc(NC(=O)CC2SC(=Nc3ccccc3C(F)(F)F)NC2=O)c1. The van der Waals surface area contributed by atoms with Gasteiger partial charge < -0.3 is 10.6 Å². The van der Waals surface area contributed by atoms with Crippen LogP contribution in [0.15, 0.2) is 53.5 Å². The Morgan fingerprint density at radius 2 is 1.90 bits per heavy atom. The summed E-state index contributed by atoms with van der Waals surface area (Å²) >= 11 is 0.887. The van der Waals surface area contributed by atoms with E-state index in [0.29, 0.717) is 11.3 Å². The molecule has 3 rings (SSSR count). The van der Waals surface area contributed by atoms with Crippen molar-refractivity contribution < 1.29 is 27.6 Å². The second-order valence-corrected chi connectivity index (χ2v) is 7.61. The topological polar surface area (TPSA) is 87.6 Å². The highest BCUT2D eigenvalue weighted by atomic mass is 32.2. The van der Waals surface area contributed by atoms with Gasteiger partial charge in [-0.3, -0.25) is 14.4 Å². The van der Waals surface area contributed by atoms with Gasteiger partial charge in [-0.05, 0) is 31.2 Å². The highest BCUT2D eigenvalue weighted by molar-refractivity contribution is 8.15. The lowest BCUT2D eigenvalue weighted by Gasteiger charge is -2.09. The standard InChI is InChI=1S/C20H16F3N3O3S/c1-11(27)12-5-4-6-13(9-12)24-17(28)10-16-18(29)26-19(30-16)25-15-8-3-2-7-14(15)20(21,22)23/h2-9,16H,10H2,1H3,(H,24,28)(H,25,26,29). The van der Waals surface area contributed by atoms with Gasteiger partial charge in [0.2, 0.25) is 11.8 Å². The Bertz CT molecular complexity index is 1040. The van der Waals surface area contributed by atoms with E-state index >= 15 is 0 Å². The van der Waals surface area contributed by atoms with E-state index in [4.69, 9.17) is 0 Å². The Morgan fingerprint density at radius 1 is 1.17 bits per heavy atom. The molecule has 1 atom stereocenters. The van der Waals surface area contributed by atoms with Crippen molar-refractivity contribution >= 4 is 45.9 Å². The number of aliphatic imine (C=N–C) groups is 1. The molecule has 0 aliphatic carbocycles. The maximum absolute atomic E-state index is 13.1. The number of ketones is 1. The lowest BCUT2D eigenvalue weighted by molar-refractivity contribution is -0.137. The van der Waals surface area contributed by atoms with Crippen LogP contribution < -0.4 is 10.6 Å². The molecule has 1 heterocycles. The maximum Gasteiger partial charge on any atom is 0.418 e. The molecule has 156 valence electrons. The van der Waals surface area contributed by atoms with Crippen LogP contribution in [0.4, 0.5) is 24.5 Å². The summed E-state index contributed by atoms with van der Waals surface area (Å²) in [5.41, 5.74) is -0.402. The zero-order chi connectivity index (χ0) is 21.9. The summed E-state index contributed by atoms with van der Waals surface area (Å²) in [6.07, 6.45) is -4.79. The third-order valence-electron chi connectivity index (χ3n) is 4.13. The molecule has 1 fully saturated rings. The van der Waals surface area contributed by atoms with Gasteiger partial charge in [-0.25, -0.2) is 4.99 Å². The number of nitrogens with one attached hydrogen (secondary N) is 2. The summed E-state index contributed by atoms with van der Waals surface area (Å²) in [5.74, 6) is -1.15. The Kier molecular flexibility index (Phi) is 6.25. The van der Waals surface area contributed by atoms with Crippen LogP contribution in [0.5, 0.6) is 0 Å². The molecule has 0 spiro atoms. The van der Waals surface area contributed by atoms with E-state index in [-0.39, 0.29) is 23.1 Å². The first-order chi connectivity index (χ1) is 14.1. The van der Waals surface area contributed by atoms with E-state index < -0.39 is 28.8 Å². The number of anilines is 1. The minimum Gasteiger partial charge on any atom is -0.326 e. The first kappa shape index (κ1) is 21.6. The Hall–Kier alpha value is -3.14. The predicted molar refractivity (Wildman–Crippen MR) is 108 cm³/mol. The highest BCUT2D eigenvalue weighted by Crippen LogP contribution is 2.37. The van der Waals surface area contributed by atoms with Crippen LogP contribution in [0.2, 0.25) is 0 Å². The summed E-state index contributed by atoms with van der Waals surface area (Å²) in [5, 5.41) is 4.17. The molecule has 2 amide bonds. The van der Waals surface area contributed by atoms with Crippen LogP contribution in [0.1, 0.15) is 29.3 Å². The summed E-state index contributed by atoms with van der Waals surface area (Å²) in [4.78, 5) is 39.7. The van der Waals surface area contributed by atoms with E-state index in [1.165, 1.54) is 31.2 Å². The number of thioether (sulfide) groups is 1. The summed E-state index contributed by atoms with van der Waals surface area (Å²) < 4.78 is 39.3. The van der Waals surface area contributed by atoms with Crippen molar-refractivity contribution in [3.63, 3.8) is 0 Å². The molecule has 0 radical (unpaired) electrons. The monoisotopic (exact) mass is 435 g/mol. The second kappa shape index (κ2) is 8.70. The van der Waals surface area contributed by atoms with Gasteiger partial charge in [0.25, 0.3) is 0 Å². The van der Waals surface area contributed by atoms with Crippen LogP contribution in [-0.4, -0.2) is 28.0 Å². The predicted octanol–water partition coefficient (Wildman–Crippen LogP) is 4.16. The fraction of sp³-hybridized carbons (Fsp3) is 0.200. The number of carbonyl (C=O) groups is 3. The molecular weight excluding hydrogens is 419 g/mol. The average Bonchev–Trinajstić information content (AvgIpc) is 3.00. The smallest absolute Gasteiger partial charge is 0.326 e. The molecule has 0 saturated carbocycles. The van der Waals surface area contributed by atoms with Crippen LogP contribution in [0.3, 0.4) is 0 Å². The Balaban J connectivity index is 1.68. The first-order valence-corrected chi connectivity index (χ1v) is 9.65. The number of amidine groups is 1. The molecule has 2 aromatic carbocycles. The average molecular weight is 435 g/mol. The van der Waals surface area contributed by atoms with Crippen LogP contribution in [0, 0.1) is 0 Å². The lowest BCUT2D eigenvalue weighted by atomic mass is 10.1. The molecule has 2 aromatic rings. The quantitative estimate of drug-likeness (QED) is 0.691. The summed E-state index contributed by atoms with van der Waals surface area (Å²) in [7, 11) is 0. The third-order valence-corrected chi connectivity index (χ3v) is 5.21. The van der Waals surface area contributed by atoms with Crippen molar-refractivity contribution in [1.29, 1.82) is 0 Å². The van der Waals surface area contributed by atoms with Gasteiger partial charge in [-0.15, -0.1) is 0 Å². The van der Waals surface area contributed by atoms with Crippen molar-refractivity contribution in [2.45, 2.75) is 24.8 Å². The van der Waals surface area contributed by atoms with Crippen molar-refractivity contribution in [2.75, 3.05) is 5.32 Å². The molecule has 2 N–H and O–H groups in total. The summed E-state index contributed by atoms with van der Waals surface area (Å²) in [6.45, 7) is 1.40. The van der Waals surface area contributed by atoms with E-state index in [2.05, 4.69) is 15.6 Å². The normalized spacial score (nSPS) is 17.7. The number of Topliss-reactive ketones (excluding diaryl/α,β-unsaturated/α-hetero) is 1. The van der Waals surface area contributed by atoms with E-state index in [1.807, 2.05) is 0 Å². The van der Waals surface area contributed by atoms with Gasteiger partial charge in [-0.1, -0.05) is 36.0 Å². The molecule has 0 bridgehead atoms. The van der Waals surface area contributed by atoms with Crippen LogP contribution >= 0.6 is 11.8 Å². The second-order valence-electron chi connectivity index (χ2n) is 6.42. The van der Waals surface area contributed by atoms with E-state index in [9.17, 15) is 27.6 Å². The summed E-state index contributed by atoms with van der Waals surface area (Å²) in [6, 6.07) is 11.1. The minimum atomic E-state index is -4.58. The van der Waals surface area contributed by atoms with Gasteiger partial charge in [0.05, 0.1) is 11.3 Å². The zero-order valence-electron chi connectivity index (χ0n) is 15.6. The number of hydrogen-bond acceptors (Lipinski definition) is 5. The number of hydrogen-bond donors (Lipinski definition) is 2. The van der Waals surface area contributed by atoms with Gasteiger partial charge in [-0.2, -0.15) is 13.2 Å². The molecule has 1 aliphatic heterocycles. The fourth-order valence-corrected chi connectivity index (χ4v) is 3.69. The van der Waals surface area contributed by atoms with Crippen molar-refractivity contribution in [2.24, 2.45) is 4.99 Å². The number of carbonyl (C=O) groups excluding carboxylic acids is 3. The molecule has 1 unspecified atom stereocenters. The zero-order valence-corrected chi connectivity index (χ0v) is 16.4. The minimum absolute atomic E-state index is 0.00641. The number of alkyl halides is 3. The van der Waals surface area contributed by atoms with Gasteiger partial charge in [0.1, 0.15) is 5.25 Å². The van der Waals surface area contributed by atoms with Crippen molar-refractivity contribution in [3.8, 4) is 0 Å². The van der Waals surface area contributed by atoms with Gasteiger partial charge in [0, 0.05) is 17.7 Å². The molecule has 30 heavy (non-hydrogen) atoms. The van der Waals surface area contributed by atoms with E-state index in [1.54, 1.807) is 18.2 Å². The number of benzene rings is 2. The van der Waals surface area contributed by atoms with E-state index in [0.717, 1.165) is 17.8 Å². The Labute approximate surface area is 174 Å². The fourth-order valence-electron chi connectivity index (χ4n) is 2.71. The third kappa shape index (κ3) is 5.26. The van der Waals surface area contributed by atoms with Crippen LogP contribution in [0.25, 0.3) is 0 Å². The first-order valence-electron chi connectivity index (χ1n) is 8.77. The maximum atomic E-state index is 13.1. The number of para-hydroxylation sites is 1. The highest BCUT2D eigenvalue weighted by Gasteiger charge is 2.35.